The summed E-state index contributed by atoms with van der Waals surface area (Å²) in [6, 6.07) is 0. The Morgan fingerprint density at radius 3 is 1.45 bits per heavy atom. The Hall–Kier alpha value is -2.12. The molecule has 114 valence electrons. The van der Waals surface area contributed by atoms with E-state index in [0.717, 1.165) is 0 Å². The van der Waals surface area contributed by atoms with Crippen molar-refractivity contribution in [3.05, 3.63) is 0 Å². The lowest BCUT2D eigenvalue weighted by atomic mass is 9.78. The van der Waals surface area contributed by atoms with Crippen molar-refractivity contribution in [1.29, 1.82) is 0 Å². The average molecular weight is 290 g/mol. The van der Waals surface area contributed by atoms with Gasteiger partial charge < -0.3 is 18.9 Å². The number of carbonyl (C=O) groups excluding carboxylic acids is 4. The molecule has 0 N–H and O–H groups in total. The molecule has 0 aliphatic rings. The van der Waals surface area contributed by atoms with Crippen LogP contribution in [-0.2, 0) is 38.1 Å². The first-order valence-electron chi connectivity index (χ1n) is 5.68. The van der Waals surface area contributed by atoms with Gasteiger partial charge in [0.1, 0.15) is 0 Å². The van der Waals surface area contributed by atoms with Crippen molar-refractivity contribution in [2.75, 3.05) is 27.9 Å². The predicted molar refractivity (Wildman–Crippen MR) is 64.3 cm³/mol. The Morgan fingerprint density at radius 1 is 0.850 bits per heavy atom. The molecule has 0 spiro atoms. The minimum atomic E-state index is -1.26. The zero-order valence-electron chi connectivity index (χ0n) is 11.7. The molecule has 0 saturated heterocycles. The van der Waals surface area contributed by atoms with Crippen LogP contribution in [0, 0.1) is 5.41 Å². The minimum absolute atomic E-state index is 0.167. The number of ether oxygens (including phenoxy) is 4. The zero-order valence-corrected chi connectivity index (χ0v) is 11.7. The quantitative estimate of drug-likeness (QED) is 0.327. The lowest BCUT2D eigenvalue weighted by Gasteiger charge is -2.29. The molecule has 20 heavy (non-hydrogen) atoms. The zero-order chi connectivity index (χ0) is 15.6. The second kappa shape index (κ2) is 8.89. The van der Waals surface area contributed by atoms with Crippen LogP contribution in [-0.4, -0.2) is 52.3 Å². The summed E-state index contributed by atoms with van der Waals surface area (Å²) >= 11 is 0. The first-order chi connectivity index (χ1) is 9.42. The molecule has 0 bridgehead atoms. The van der Waals surface area contributed by atoms with E-state index in [-0.39, 0.29) is 32.3 Å². The maximum absolute atomic E-state index is 11.5. The van der Waals surface area contributed by atoms with E-state index < -0.39 is 23.3 Å². The molecule has 0 fully saturated rings. The van der Waals surface area contributed by atoms with Gasteiger partial charge in [0, 0.05) is 5.41 Å². The van der Waals surface area contributed by atoms with Crippen LogP contribution in [0.5, 0.6) is 0 Å². The van der Waals surface area contributed by atoms with Gasteiger partial charge in [0.2, 0.25) is 0 Å². The smallest absolute Gasteiger partial charge is 0.306 e. The van der Waals surface area contributed by atoms with E-state index in [1.807, 2.05) is 0 Å². The van der Waals surface area contributed by atoms with Gasteiger partial charge in [-0.25, -0.2) is 0 Å². The van der Waals surface area contributed by atoms with Gasteiger partial charge in [0.05, 0.1) is 47.2 Å². The summed E-state index contributed by atoms with van der Waals surface area (Å²) in [5.74, 6) is -1.94. The fourth-order valence-corrected chi connectivity index (χ4v) is 1.69. The molecule has 0 atom stereocenters. The van der Waals surface area contributed by atoms with Crippen LogP contribution < -0.4 is 0 Å². The molecule has 0 rings (SSSR count). The van der Waals surface area contributed by atoms with Gasteiger partial charge >= 0.3 is 17.9 Å². The normalized spacial score (nSPS) is 10.3. The molecule has 0 radical (unpaired) electrons. The molecule has 0 unspecified atom stereocenters. The van der Waals surface area contributed by atoms with Gasteiger partial charge in [-0.3, -0.25) is 19.2 Å². The average Bonchev–Trinajstić information content (AvgIpc) is 2.44. The van der Waals surface area contributed by atoms with Crippen molar-refractivity contribution < 1.29 is 38.1 Å². The van der Waals surface area contributed by atoms with Crippen LogP contribution in [0.3, 0.4) is 0 Å². The topological polar surface area (TPSA) is 105 Å². The van der Waals surface area contributed by atoms with E-state index in [1.165, 1.54) is 21.3 Å². The van der Waals surface area contributed by atoms with E-state index >= 15 is 0 Å². The largest absolute Gasteiger partial charge is 0.469 e. The second-order valence-electron chi connectivity index (χ2n) is 4.17. The Bertz CT molecular complexity index is 317. The maximum Gasteiger partial charge on any atom is 0.306 e. The van der Waals surface area contributed by atoms with Crippen LogP contribution in [0.25, 0.3) is 0 Å². The Balaban J connectivity index is 5.23. The number of rotatable bonds is 9. The summed E-state index contributed by atoms with van der Waals surface area (Å²) in [4.78, 5) is 44.7. The summed E-state index contributed by atoms with van der Waals surface area (Å²) in [7, 11) is 3.51. The fourth-order valence-electron chi connectivity index (χ4n) is 1.69. The van der Waals surface area contributed by atoms with Gasteiger partial charge in [-0.1, -0.05) is 0 Å². The van der Waals surface area contributed by atoms with E-state index in [4.69, 9.17) is 0 Å². The lowest BCUT2D eigenvalue weighted by molar-refractivity contribution is -0.157. The molecule has 0 amide bonds. The van der Waals surface area contributed by atoms with Gasteiger partial charge in [0.25, 0.3) is 6.47 Å². The Labute approximate surface area is 116 Å². The molecular weight excluding hydrogens is 272 g/mol. The van der Waals surface area contributed by atoms with Crippen molar-refractivity contribution in [3.8, 4) is 0 Å². The Morgan fingerprint density at radius 2 is 1.20 bits per heavy atom. The highest BCUT2D eigenvalue weighted by Crippen LogP contribution is 2.33. The van der Waals surface area contributed by atoms with Crippen molar-refractivity contribution in [2.24, 2.45) is 5.41 Å². The summed E-state index contributed by atoms with van der Waals surface area (Å²) in [6.07, 6.45) is -0.870. The maximum atomic E-state index is 11.5. The van der Waals surface area contributed by atoms with E-state index in [2.05, 4.69) is 18.9 Å². The standard InChI is InChI=1S/C12H18O8/c1-17-9(14)4-12(7-20-8-13,5-10(15)18-2)6-11(16)19-3/h8H,4-7H2,1-3H3. The SMILES string of the molecule is COC(=O)CC(COC=O)(CC(=O)OC)CC(=O)OC. The minimum Gasteiger partial charge on any atom is -0.469 e. The number of esters is 3. The number of hydrogen-bond donors (Lipinski definition) is 0. The molecule has 0 heterocycles. The molecule has 8 heteroatoms. The summed E-state index contributed by atoms with van der Waals surface area (Å²) in [5.41, 5.74) is -1.26. The van der Waals surface area contributed by atoms with Crippen LogP contribution in [0.1, 0.15) is 19.3 Å². The summed E-state index contributed by atoms with van der Waals surface area (Å²) in [6.45, 7) is -0.142. The highest BCUT2D eigenvalue weighted by molar-refractivity contribution is 5.78. The molecule has 0 aromatic heterocycles. The third-order valence-electron chi connectivity index (χ3n) is 2.70. The molecule has 0 aliphatic heterocycles. The first-order valence-corrected chi connectivity index (χ1v) is 5.68. The molecular formula is C12H18O8. The van der Waals surface area contributed by atoms with Crippen LogP contribution in [0.4, 0.5) is 0 Å². The van der Waals surface area contributed by atoms with Crippen molar-refractivity contribution in [1.82, 2.24) is 0 Å². The van der Waals surface area contributed by atoms with Gasteiger partial charge in [-0.2, -0.15) is 0 Å². The van der Waals surface area contributed by atoms with Gasteiger partial charge in [-0.15, -0.1) is 0 Å². The highest BCUT2D eigenvalue weighted by Gasteiger charge is 2.40. The molecule has 0 aromatic rings. The van der Waals surface area contributed by atoms with Gasteiger partial charge in [0.15, 0.2) is 0 Å². The van der Waals surface area contributed by atoms with E-state index in [1.54, 1.807) is 0 Å². The monoisotopic (exact) mass is 290 g/mol. The lowest BCUT2D eigenvalue weighted by Crippen LogP contribution is -2.36. The van der Waals surface area contributed by atoms with Gasteiger partial charge in [-0.05, 0) is 0 Å². The number of methoxy groups -OCH3 is 3. The molecule has 8 nitrogen and oxygen atoms in total. The van der Waals surface area contributed by atoms with Crippen LogP contribution in [0.15, 0.2) is 0 Å². The third-order valence-corrected chi connectivity index (χ3v) is 2.70. The van der Waals surface area contributed by atoms with Crippen LogP contribution in [0.2, 0.25) is 0 Å². The van der Waals surface area contributed by atoms with Crippen molar-refractivity contribution in [2.45, 2.75) is 19.3 Å². The molecule has 0 aromatic carbocycles. The summed E-state index contributed by atoms with van der Waals surface area (Å²) in [5, 5.41) is 0. The summed E-state index contributed by atoms with van der Waals surface area (Å²) < 4.78 is 18.2. The van der Waals surface area contributed by atoms with Crippen molar-refractivity contribution in [3.63, 3.8) is 0 Å². The third kappa shape index (κ3) is 6.17. The number of carbonyl (C=O) groups is 4. The predicted octanol–water partition coefficient (Wildman–Crippen LogP) is -0.165. The first kappa shape index (κ1) is 17.9. The van der Waals surface area contributed by atoms with Crippen LogP contribution >= 0.6 is 0 Å². The van der Waals surface area contributed by atoms with E-state index in [0.29, 0.717) is 0 Å². The highest BCUT2D eigenvalue weighted by atomic mass is 16.5. The van der Waals surface area contributed by atoms with Crippen molar-refractivity contribution >= 4 is 24.4 Å². The van der Waals surface area contributed by atoms with E-state index in [9.17, 15) is 19.2 Å². The second-order valence-corrected chi connectivity index (χ2v) is 4.17. The Kier molecular flexibility index (Phi) is 7.95. The molecule has 0 saturated carbocycles. The number of hydrogen-bond acceptors (Lipinski definition) is 8. The molecule has 0 aliphatic carbocycles. The fraction of sp³-hybridized carbons (Fsp3) is 0.667.